The molecule has 0 radical (unpaired) electrons. The van der Waals surface area contributed by atoms with E-state index in [0.717, 1.165) is 42.9 Å². The minimum Gasteiger partial charge on any atom is -0.355 e. The van der Waals surface area contributed by atoms with Gasteiger partial charge in [-0.3, -0.25) is 15.0 Å². The number of halogens is 2. The molecule has 7 nitrogen and oxygen atoms in total. The molecule has 0 aromatic carbocycles. The van der Waals surface area contributed by atoms with E-state index in [1.165, 1.54) is 0 Å². The minimum absolute atomic E-state index is 0.439. The van der Waals surface area contributed by atoms with Crippen molar-refractivity contribution in [3.63, 3.8) is 0 Å². The lowest BCUT2D eigenvalue weighted by Crippen LogP contribution is -2.45. The van der Waals surface area contributed by atoms with Crippen molar-refractivity contribution in [3.8, 4) is 22.5 Å². The van der Waals surface area contributed by atoms with Crippen LogP contribution in [0.15, 0.2) is 43.1 Å². The minimum atomic E-state index is -0.439. The van der Waals surface area contributed by atoms with Crippen LogP contribution >= 0.6 is 23.2 Å². The average molecular weight is 444 g/mol. The van der Waals surface area contributed by atoms with Crippen molar-refractivity contribution in [2.45, 2.75) is 18.6 Å². The van der Waals surface area contributed by atoms with Crippen molar-refractivity contribution in [2.75, 3.05) is 31.2 Å². The first-order valence-corrected chi connectivity index (χ1v) is 10.5. The highest BCUT2D eigenvalue weighted by molar-refractivity contribution is 6.34. The lowest BCUT2D eigenvalue weighted by atomic mass is 10.0. The molecule has 5 rings (SSSR count). The summed E-state index contributed by atoms with van der Waals surface area (Å²) in [5, 5.41) is 1.00. The summed E-state index contributed by atoms with van der Waals surface area (Å²) in [6, 6.07) is 3.66. The first-order valence-electron chi connectivity index (χ1n) is 9.75. The molecule has 3 aromatic rings. The van der Waals surface area contributed by atoms with Gasteiger partial charge in [-0.2, -0.15) is 0 Å². The van der Waals surface area contributed by atoms with Gasteiger partial charge in [0.1, 0.15) is 11.5 Å². The molecule has 1 spiro atoms. The SMILES string of the molecule is Clc1cnccc1-c1ncc(N2CCC3(CC2)OCCO3)nc1-c1ccncc1Cl. The number of anilines is 1. The summed E-state index contributed by atoms with van der Waals surface area (Å²) in [5.41, 5.74) is 2.80. The van der Waals surface area contributed by atoms with Crippen molar-refractivity contribution in [1.29, 1.82) is 0 Å². The van der Waals surface area contributed by atoms with Crippen LogP contribution in [-0.4, -0.2) is 52.0 Å². The Bertz CT molecular complexity index is 1060. The van der Waals surface area contributed by atoms with Gasteiger partial charge in [-0.15, -0.1) is 0 Å². The number of hydrogen-bond donors (Lipinski definition) is 0. The van der Waals surface area contributed by atoms with Gasteiger partial charge in [0, 0.05) is 61.8 Å². The molecule has 2 fully saturated rings. The number of pyridine rings is 2. The number of aromatic nitrogens is 4. The van der Waals surface area contributed by atoms with Crippen molar-refractivity contribution >= 4 is 29.0 Å². The fourth-order valence-electron chi connectivity index (χ4n) is 3.91. The number of nitrogens with zero attached hydrogens (tertiary/aromatic N) is 5. The van der Waals surface area contributed by atoms with Crippen LogP contribution in [-0.2, 0) is 9.47 Å². The Morgan fingerprint density at radius 2 is 1.43 bits per heavy atom. The Kier molecular flexibility index (Phi) is 5.28. The van der Waals surface area contributed by atoms with E-state index in [1.54, 1.807) is 31.0 Å². The number of ether oxygens (including phenoxy) is 2. The molecule has 0 N–H and O–H groups in total. The molecule has 2 saturated heterocycles. The van der Waals surface area contributed by atoms with Crippen LogP contribution in [0.2, 0.25) is 10.0 Å². The first kappa shape index (κ1) is 19.6. The fourth-order valence-corrected chi connectivity index (χ4v) is 4.33. The molecule has 0 saturated carbocycles. The molecule has 0 aliphatic carbocycles. The van der Waals surface area contributed by atoms with E-state index in [9.17, 15) is 0 Å². The highest BCUT2D eigenvalue weighted by atomic mass is 35.5. The Morgan fingerprint density at radius 1 is 0.833 bits per heavy atom. The van der Waals surface area contributed by atoms with E-state index in [4.69, 9.17) is 42.6 Å². The molecule has 0 amide bonds. The van der Waals surface area contributed by atoms with E-state index in [1.807, 2.05) is 12.1 Å². The van der Waals surface area contributed by atoms with E-state index in [-0.39, 0.29) is 0 Å². The lowest BCUT2D eigenvalue weighted by Gasteiger charge is -2.38. The zero-order valence-electron chi connectivity index (χ0n) is 16.1. The first-order chi connectivity index (χ1) is 14.7. The van der Waals surface area contributed by atoms with Crippen LogP contribution in [0, 0.1) is 0 Å². The molecule has 5 heterocycles. The molecule has 0 bridgehead atoms. The summed E-state index contributed by atoms with van der Waals surface area (Å²) < 4.78 is 11.7. The Labute approximate surface area is 184 Å². The van der Waals surface area contributed by atoms with Gasteiger partial charge in [0.05, 0.1) is 35.1 Å². The van der Waals surface area contributed by atoms with E-state index in [0.29, 0.717) is 34.6 Å². The standard InChI is InChI=1S/C21H19Cl2N5O2/c22-16-11-24-5-1-14(16)19-20(15-2-6-25-12-17(15)23)27-18(13-26-19)28-7-3-21(4-8-28)29-9-10-30-21/h1-2,5-6,11-13H,3-4,7-10H2. The van der Waals surface area contributed by atoms with Gasteiger partial charge in [-0.05, 0) is 12.1 Å². The van der Waals surface area contributed by atoms with Crippen molar-refractivity contribution in [1.82, 2.24) is 19.9 Å². The van der Waals surface area contributed by atoms with Crippen LogP contribution in [0.5, 0.6) is 0 Å². The molecule has 2 aliphatic rings. The predicted molar refractivity (Wildman–Crippen MR) is 115 cm³/mol. The van der Waals surface area contributed by atoms with Gasteiger partial charge in [0.15, 0.2) is 5.79 Å². The van der Waals surface area contributed by atoms with Gasteiger partial charge in [0.25, 0.3) is 0 Å². The Balaban J connectivity index is 1.54. The summed E-state index contributed by atoms with van der Waals surface area (Å²) in [7, 11) is 0. The van der Waals surface area contributed by atoms with Gasteiger partial charge in [0.2, 0.25) is 0 Å². The Morgan fingerprint density at radius 3 is 2.03 bits per heavy atom. The zero-order valence-corrected chi connectivity index (χ0v) is 17.6. The molecular formula is C21H19Cl2N5O2. The lowest BCUT2D eigenvalue weighted by molar-refractivity contribution is -0.169. The smallest absolute Gasteiger partial charge is 0.171 e. The van der Waals surface area contributed by atoms with Gasteiger partial charge < -0.3 is 14.4 Å². The van der Waals surface area contributed by atoms with Crippen LogP contribution in [0.3, 0.4) is 0 Å². The summed E-state index contributed by atoms with van der Waals surface area (Å²) in [6.07, 6.45) is 9.92. The van der Waals surface area contributed by atoms with Crippen molar-refractivity contribution < 1.29 is 9.47 Å². The second kappa shape index (κ2) is 8.07. The van der Waals surface area contributed by atoms with Gasteiger partial charge >= 0.3 is 0 Å². The van der Waals surface area contributed by atoms with Crippen LogP contribution in [0.1, 0.15) is 12.8 Å². The highest BCUT2D eigenvalue weighted by Gasteiger charge is 2.40. The van der Waals surface area contributed by atoms with Crippen molar-refractivity contribution in [2.24, 2.45) is 0 Å². The third kappa shape index (κ3) is 3.63. The number of hydrogen-bond acceptors (Lipinski definition) is 7. The van der Waals surface area contributed by atoms with Crippen LogP contribution in [0.25, 0.3) is 22.5 Å². The van der Waals surface area contributed by atoms with Crippen LogP contribution in [0.4, 0.5) is 5.82 Å². The van der Waals surface area contributed by atoms with Gasteiger partial charge in [-0.1, -0.05) is 23.2 Å². The maximum absolute atomic E-state index is 6.46. The van der Waals surface area contributed by atoms with E-state index in [2.05, 4.69) is 14.9 Å². The third-order valence-corrected chi connectivity index (χ3v) is 6.08. The predicted octanol–water partition coefficient (Wildman–Crippen LogP) is 4.25. The third-order valence-electron chi connectivity index (χ3n) is 5.48. The van der Waals surface area contributed by atoms with Crippen molar-refractivity contribution in [3.05, 3.63) is 53.2 Å². The molecule has 3 aromatic heterocycles. The maximum Gasteiger partial charge on any atom is 0.171 e. The molecule has 2 aliphatic heterocycles. The monoisotopic (exact) mass is 443 g/mol. The average Bonchev–Trinajstić information content (AvgIpc) is 3.23. The highest BCUT2D eigenvalue weighted by Crippen LogP contribution is 2.38. The molecular weight excluding hydrogens is 425 g/mol. The van der Waals surface area contributed by atoms with E-state index < -0.39 is 5.79 Å². The van der Waals surface area contributed by atoms with E-state index >= 15 is 0 Å². The molecule has 9 heteroatoms. The molecule has 154 valence electrons. The molecule has 0 atom stereocenters. The summed E-state index contributed by atoms with van der Waals surface area (Å²) in [4.78, 5) is 20.0. The summed E-state index contributed by atoms with van der Waals surface area (Å²) in [6.45, 7) is 2.86. The summed E-state index contributed by atoms with van der Waals surface area (Å²) >= 11 is 12.9. The topological polar surface area (TPSA) is 73.3 Å². The number of rotatable bonds is 3. The second-order valence-corrected chi connectivity index (χ2v) is 8.05. The fraction of sp³-hybridized carbons (Fsp3) is 0.333. The number of piperidine rings is 1. The zero-order chi connectivity index (χ0) is 20.6. The molecule has 30 heavy (non-hydrogen) atoms. The maximum atomic E-state index is 6.46. The van der Waals surface area contributed by atoms with Crippen LogP contribution < -0.4 is 4.90 Å². The second-order valence-electron chi connectivity index (χ2n) is 7.23. The quantitative estimate of drug-likeness (QED) is 0.598. The Hall–Kier alpha value is -2.32. The normalized spacial score (nSPS) is 18.1. The molecule has 0 unspecified atom stereocenters. The summed E-state index contributed by atoms with van der Waals surface area (Å²) in [5.74, 6) is 0.339. The van der Waals surface area contributed by atoms with Gasteiger partial charge in [-0.25, -0.2) is 4.98 Å². The largest absolute Gasteiger partial charge is 0.355 e.